The summed E-state index contributed by atoms with van der Waals surface area (Å²) in [5.41, 5.74) is 2.59. The van der Waals surface area contributed by atoms with Crippen LogP contribution in [-0.4, -0.2) is 10.7 Å². The van der Waals surface area contributed by atoms with Crippen molar-refractivity contribution in [1.82, 2.24) is 5.32 Å². The van der Waals surface area contributed by atoms with Crippen molar-refractivity contribution in [2.24, 2.45) is 0 Å². The third-order valence-corrected chi connectivity index (χ3v) is 4.23. The molecule has 24 heavy (non-hydrogen) atoms. The summed E-state index contributed by atoms with van der Waals surface area (Å²) in [6, 6.07) is 12.5. The van der Waals surface area contributed by atoms with E-state index in [1.807, 2.05) is 13.0 Å². The summed E-state index contributed by atoms with van der Waals surface area (Å²) >= 11 is 5.40. The van der Waals surface area contributed by atoms with Crippen LogP contribution in [0.2, 0.25) is 0 Å². The van der Waals surface area contributed by atoms with Gasteiger partial charge in [0.05, 0.1) is 6.04 Å². The molecule has 1 heterocycles. The van der Waals surface area contributed by atoms with Crippen molar-refractivity contribution < 1.29 is 9.13 Å². The number of nitrogens with one attached hydrogen (secondary N) is 2. The van der Waals surface area contributed by atoms with Crippen LogP contribution in [0, 0.1) is 12.7 Å². The minimum absolute atomic E-state index is 0.0397. The molecule has 0 bridgehead atoms. The average Bonchev–Trinajstić information content (AvgIpc) is 2.45. The van der Waals surface area contributed by atoms with Gasteiger partial charge in [-0.15, -0.1) is 0 Å². The molecular weight excluding hydrogens is 323 g/mol. The first kappa shape index (κ1) is 16.7. The molecule has 2 N–H and O–H groups in total. The minimum atomic E-state index is -0.296. The van der Waals surface area contributed by atoms with E-state index in [2.05, 4.69) is 36.6 Å². The van der Waals surface area contributed by atoms with Crippen molar-refractivity contribution >= 4 is 23.0 Å². The lowest BCUT2D eigenvalue weighted by molar-refractivity contribution is 0.0696. The van der Waals surface area contributed by atoms with Gasteiger partial charge in [0.15, 0.2) is 5.11 Å². The molecule has 2 aromatic rings. The molecule has 0 radical (unpaired) electrons. The quantitative estimate of drug-likeness (QED) is 0.772. The standard InChI is InChI=1S/C19H21FN2OS/c1-12-7-8-15-16(11-19(2,3)23-17(15)9-12)22-18(24)21-14-6-4-5-13(20)10-14/h4-10,16H,11H2,1-3H3,(H2,21,22,24)/t16-/m1/s1. The lowest BCUT2D eigenvalue weighted by Gasteiger charge is -2.38. The van der Waals surface area contributed by atoms with E-state index in [-0.39, 0.29) is 17.5 Å². The van der Waals surface area contributed by atoms with Gasteiger partial charge in [-0.2, -0.15) is 0 Å². The Morgan fingerprint density at radius 2 is 2.04 bits per heavy atom. The number of halogens is 1. The van der Waals surface area contributed by atoms with E-state index < -0.39 is 0 Å². The van der Waals surface area contributed by atoms with E-state index >= 15 is 0 Å². The van der Waals surface area contributed by atoms with Crippen molar-refractivity contribution in [2.45, 2.75) is 38.8 Å². The van der Waals surface area contributed by atoms with E-state index in [1.165, 1.54) is 12.1 Å². The third-order valence-electron chi connectivity index (χ3n) is 4.01. The number of benzene rings is 2. The highest BCUT2D eigenvalue weighted by Gasteiger charge is 2.34. The summed E-state index contributed by atoms with van der Waals surface area (Å²) < 4.78 is 19.4. The molecule has 1 aliphatic rings. The van der Waals surface area contributed by atoms with Gasteiger partial charge in [-0.25, -0.2) is 4.39 Å². The molecule has 1 aliphatic heterocycles. The Bertz CT molecular complexity index is 776. The van der Waals surface area contributed by atoms with Crippen LogP contribution in [0.3, 0.4) is 0 Å². The Morgan fingerprint density at radius 3 is 2.79 bits per heavy atom. The fraction of sp³-hybridized carbons (Fsp3) is 0.316. The van der Waals surface area contributed by atoms with Gasteiger partial charge >= 0.3 is 0 Å². The highest BCUT2D eigenvalue weighted by atomic mass is 32.1. The van der Waals surface area contributed by atoms with E-state index in [9.17, 15) is 4.39 Å². The van der Waals surface area contributed by atoms with Gasteiger partial charge in [0.1, 0.15) is 17.2 Å². The van der Waals surface area contributed by atoms with Crippen LogP contribution < -0.4 is 15.4 Å². The summed E-state index contributed by atoms with van der Waals surface area (Å²) in [6.07, 6.45) is 0.786. The van der Waals surface area contributed by atoms with Gasteiger partial charge in [0, 0.05) is 17.7 Å². The topological polar surface area (TPSA) is 33.3 Å². The highest BCUT2D eigenvalue weighted by Crippen LogP contribution is 2.39. The van der Waals surface area contributed by atoms with E-state index in [4.69, 9.17) is 17.0 Å². The minimum Gasteiger partial charge on any atom is -0.487 e. The van der Waals surface area contributed by atoms with Crippen molar-refractivity contribution in [3.8, 4) is 5.75 Å². The summed E-state index contributed by atoms with van der Waals surface area (Å²) in [6.45, 7) is 6.18. The normalized spacial score (nSPS) is 18.2. The van der Waals surface area contributed by atoms with Crippen LogP contribution in [-0.2, 0) is 0 Å². The molecule has 126 valence electrons. The van der Waals surface area contributed by atoms with Crippen molar-refractivity contribution in [3.63, 3.8) is 0 Å². The van der Waals surface area contributed by atoms with Crippen molar-refractivity contribution in [2.75, 3.05) is 5.32 Å². The number of fused-ring (bicyclic) bond motifs is 1. The number of anilines is 1. The molecule has 0 saturated heterocycles. The molecule has 2 aromatic carbocycles. The zero-order chi connectivity index (χ0) is 17.3. The van der Waals surface area contributed by atoms with E-state index in [1.54, 1.807) is 12.1 Å². The Labute approximate surface area is 147 Å². The molecule has 3 rings (SSSR count). The molecule has 0 unspecified atom stereocenters. The predicted octanol–water partition coefficient (Wildman–Crippen LogP) is 4.72. The zero-order valence-electron chi connectivity index (χ0n) is 14.0. The van der Waals surface area contributed by atoms with Gasteiger partial charge in [-0.1, -0.05) is 18.2 Å². The third kappa shape index (κ3) is 3.85. The molecule has 0 aliphatic carbocycles. The van der Waals surface area contributed by atoms with Crippen LogP contribution in [0.5, 0.6) is 5.75 Å². The van der Waals surface area contributed by atoms with Gasteiger partial charge in [0.25, 0.3) is 0 Å². The van der Waals surface area contributed by atoms with Crippen molar-refractivity contribution in [3.05, 3.63) is 59.4 Å². The maximum Gasteiger partial charge on any atom is 0.171 e. The summed E-state index contributed by atoms with van der Waals surface area (Å²) in [4.78, 5) is 0. The van der Waals surface area contributed by atoms with Gasteiger partial charge in [-0.05, 0) is 62.8 Å². The number of ether oxygens (including phenoxy) is 1. The summed E-state index contributed by atoms with van der Waals surface area (Å²) in [5.74, 6) is 0.591. The molecular formula is C19H21FN2OS. The monoisotopic (exact) mass is 344 g/mol. The molecule has 3 nitrogen and oxygen atoms in total. The fourth-order valence-electron chi connectivity index (χ4n) is 2.98. The van der Waals surface area contributed by atoms with E-state index in [0.717, 1.165) is 23.3 Å². The maximum atomic E-state index is 13.3. The highest BCUT2D eigenvalue weighted by molar-refractivity contribution is 7.80. The Balaban J connectivity index is 1.78. The van der Waals surface area contributed by atoms with Gasteiger partial charge < -0.3 is 15.4 Å². The molecule has 0 aromatic heterocycles. The first-order chi connectivity index (χ1) is 11.3. The van der Waals surface area contributed by atoms with E-state index in [0.29, 0.717) is 10.8 Å². The van der Waals surface area contributed by atoms with Crippen LogP contribution in [0.1, 0.15) is 37.4 Å². The fourth-order valence-corrected chi connectivity index (χ4v) is 3.24. The van der Waals surface area contributed by atoms with Gasteiger partial charge in [0.2, 0.25) is 0 Å². The number of rotatable bonds is 2. The number of thiocarbonyl (C=S) groups is 1. The predicted molar refractivity (Wildman–Crippen MR) is 99.0 cm³/mol. The van der Waals surface area contributed by atoms with Crippen LogP contribution in [0.4, 0.5) is 10.1 Å². The first-order valence-corrected chi connectivity index (χ1v) is 8.36. The number of hydrogen-bond donors (Lipinski definition) is 2. The molecule has 0 spiro atoms. The summed E-state index contributed by atoms with van der Waals surface area (Å²) in [7, 11) is 0. The Morgan fingerprint density at radius 1 is 1.25 bits per heavy atom. The lowest BCUT2D eigenvalue weighted by Crippen LogP contribution is -2.42. The number of hydrogen-bond acceptors (Lipinski definition) is 2. The Hall–Kier alpha value is -2.14. The largest absolute Gasteiger partial charge is 0.487 e. The molecule has 5 heteroatoms. The van der Waals surface area contributed by atoms with Gasteiger partial charge in [-0.3, -0.25) is 0 Å². The van der Waals surface area contributed by atoms with Crippen LogP contribution >= 0.6 is 12.2 Å². The van der Waals surface area contributed by atoms with Crippen LogP contribution in [0.25, 0.3) is 0 Å². The van der Waals surface area contributed by atoms with Crippen LogP contribution in [0.15, 0.2) is 42.5 Å². The lowest BCUT2D eigenvalue weighted by atomic mass is 9.89. The Kier molecular flexibility index (Phi) is 4.45. The maximum absolute atomic E-state index is 13.3. The average molecular weight is 344 g/mol. The smallest absolute Gasteiger partial charge is 0.171 e. The first-order valence-electron chi connectivity index (χ1n) is 7.95. The second kappa shape index (κ2) is 6.40. The summed E-state index contributed by atoms with van der Waals surface area (Å²) in [5, 5.41) is 6.84. The number of aryl methyl sites for hydroxylation is 1. The second-order valence-electron chi connectivity index (χ2n) is 6.77. The molecule has 0 amide bonds. The SMILES string of the molecule is Cc1ccc2c(c1)OC(C)(C)C[C@H]2NC(=S)Nc1cccc(F)c1. The second-order valence-corrected chi connectivity index (χ2v) is 7.18. The molecule has 1 atom stereocenters. The molecule has 0 saturated carbocycles. The van der Waals surface area contributed by atoms with Crippen molar-refractivity contribution in [1.29, 1.82) is 0 Å². The zero-order valence-corrected chi connectivity index (χ0v) is 14.8. The molecule has 0 fully saturated rings.